The molecule has 0 radical (unpaired) electrons. The van der Waals surface area contributed by atoms with Crippen molar-refractivity contribution in [3.63, 3.8) is 0 Å². The average molecular weight is 497 g/mol. The van der Waals surface area contributed by atoms with Gasteiger partial charge in [-0.05, 0) is 23.6 Å². The largest absolute Gasteiger partial charge is 0.508 e. The summed E-state index contributed by atoms with van der Waals surface area (Å²) in [6.07, 6.45) is -0.362. The first kappa shape index (κ1) is 29.3. The van der Waals surface area contributed by atoms with E-state index in [1.165, 1.54) is 24.3 Å². The van der Waals surface area contributed by atoms with Crippen LogP contribution in [0.2, 0.25) is 0 Å². The number of aromatic hydroxyl groups is 1. The molecule has 9 N–H and O–H groups in total. The number of carboxylic acids is 2. The molecule has 3 amide bonds. The van der Waals surface area contributed by atoms with Crippen molar-refractivity contribution in [1.82, 2.24) is 16.0 Å². The highest BCUT2D eigenvalue weighted by Gasteiger charge is 2.31. The molecule has 13 nitrogen and oxygen atoms in total. The lowest BCUT2D eigenvalue weighted by molar-refractivity contribution is -0.147. The maximum absolute atomic E-state index is 13.0. The van der Waals surface area contributed by atoms with Crippen molar-refractivity contribution in [3.05, 3.63) is 29.8 Å². The first-order chi connectivity index (χ1) is 16.4. The molecule has 0 fully saturated rings. The number of carbonyl (C=O) groups is 5. The van der Waals surface area contributed by atoms with Gasteiger partial charge in [0.25, 0.3) is 0 Å². The zero-order chi connectivity index (χ0) is 26.7. The van der Waals surface area contributed by atoms with Crippen LogP contribution >= 0.6 is 0 Å². The van der Waals surface area contributed by atoms with E-state index in [-0.39, 0.29) is 18.1 Å². The first-order valence-corrected chi connectivity index (χ1v) is 10.9. The highest BCUT2D eigenvalue weighted by Crippen LogP contribution is 2.12. The number of phenolic OH excluding ortho intramolecular Hbond substituents is 1. The summed E-state index contributed by atoms with van der Waals surface area (Å²) in [5.74, 6) is -5.90. The van der Waals surface area contributed by atoms with Crippen LogP contribution in [0.25, 0.3) is 0 Å². The second-order valence-electron chi connectivity index (χ2n) is 8.08. The molecule has 5 unspecified atom stereocenters. The fraction of sp³-hybridized carbons (Fsp3) is 0.500. The van der Waals surface area contributed by atoms with Gasteiger partial charge in [-0.2, -0.15) is 0 Å². The van der Waals surface area contributed by atoms with Crippen LogP contribution in [0.1, 0.15) is 32.3 Å². The molecule has 13 heteroatoms. The lowest BCUT2D eigenvalue weighted by Gasteiger charge is -2.25. The van der Waals surface area contributed by atoms with Crippen LogP contribution < -0.4 is 21.7 Å². The van der Waals surface area contributed by atoms with E-state index in [2.05, 4.69) is 10.6 Å². The summed E-state index contributed by atoms with van der Waals surface area (Å²) >= 11 is 0. The quantitative estimate of drug-likeness (QED) is 0.146. The lowest BCUT2D eigenvalue weighted by Crippen LogP contribution is -2.59. The summed E-state index contributed by atoms with van der Waals surface area (Å²) in [6, 6.07) is 0.252. The number of aliphatic carboxylic acids is 2. The topological polar surface area (TPSA) is 228 Å². The monoisotopic (exact) mass is 496 g/mol. The standard InChI is InChI=1S/C22H32N4O9/c1-3-11(2)18(23)21(33)24-14(8-12-4-6-13(28)7-5-12)19(31)26-16(10-27)20(32)25-15(22(34)35)9-17(29)30/h4-7,11,14-16,18,27-28H,3,8-10,23H2,1-2H3,(H,24,33)(H,25,32)(H,26,31)(H,29,30)(H,34,35). The molecule has 0 heterocycles. The molecule has 0 saturated heterocycles. The van der Waals surface area contributed by atoms with E-state index in [0.717, 1.165) is 0 Å². The molecule has 0 bridgehead atoms. The number of aliphatic hydroxyl groups is 1. The predicted molar refractivity (Wildman–Crippen MR) is 122 cm³/mol. The third kappa shape index (κ3) is 9.59. The summed E-state index contributed by atoms with van der Waals surface area (Å²) in [7, 11) is 0. The van der Waals surface area contributed by atoms with E-state index in [9.17, 15) is 34.2 Å². The first-order valence-electron chi connectivity index (χ1n) is 10.9. The van der Waals surface area contributed by atoms with Crippen molar-refractivity contribution in [3.8, 4) is 5.75 Å². The summed E-state index contributed by atoms with van der Waals surface area (Å²) in [5, 5.41) is 43.7. The van der Waals surface area contributed by atoms with E-state index in [4.69, 9.17) is 15.9 Å². The minimum Gasteiger partial charge on any atom is -0.508 e. The van der Waals surface area contributed by atoms with Gasteiger partial charge >= 0.3 is 11.9 Å². The van der Waals surface area contributed by atoms with Gasteiger partial charge in [0, 0.05) is 6.42 Å². The number of nitrogens with one attached hydrogen (secondary N) is 3. The van der Waals surface area contributed by atoms with Gasteiger partial charge in [0.05, 0.1) is 19.1 Å². The van der Waals surface area contributed by atoms with E-state index < -0.39 is 66.9 Å². The Morgan fingerprint density at radius 2 is 1.40 bits per heavy atom. The van der Waals surface area contributed by atoms with Crippen LogP contribution in [0.5, 0.6) is 5.75 Å². The van der Waals surface area contributed by atoms with Crippen molar-refractivity contribution in [2.24, 2.45) is 11.7 Å². The molecule has 0 saturated carbocycles. The van der Waals surface area contributed by atoms with Crippen LogP contribution in [-0.2, 0) is 30.4 Å². The number of benzene rings is 1. The molecule has 1 aromatic rings. The Morgan fingerprint density at radius 1 is 0.886 bits per heavy atom. The fourth-order valence-electron chi connectivity index (χ4n) is 2.97. The zero-order valence-corrected chi connectivity index (χ0v) is 19.4. The summed E-state index contributed by atoms with van der Waals surface area (Å²) in [4.78, 5) is 60.0. The number of phenols is 1. The summed E-state index contributed by atoms with van der Waals surface area (Å²) in [6.45, 7) is 2.68. The van der Waals surface area contributed by atoms with Crippen molar-refractivity contribution >= 4 is 29.7 Å². The fourth-order valence-corrected chi connectivity index (χ4v) is 2.97. The van der Waals surface area contributed by atoms with E-state index in [1.54, 1.807) is 6.92 Å². The van der Waals surface area contributed by atoms with Gasteiger partial charge < -0.3 is 42.1 Å². The Hall–Kier alpha value is -3.71. The molecular formula is C22H32N4O9. The Bertz CT molecular complexity index is 907. The van der Waals surface area contributed by atoms with Crippen LogP contribution in [-0.4, -0.2) is 80.9 Å². The number of carboxylic acid groups (broad SMARTS) is 2. The minimum absolute atomic E-state index is 0.0102. The predicted octanol–water partition coefficient (Wildman–Crippen LogP) is -1.69. The number of carbonyl (C=O) groups excluding carboxylic acids is 3. The van der Waals surface area contributed by atoms with Gasteiger partial charge in [0.2, 0.25) is 17.7 Å². The number of hydrogen-bond donors (Lipinski definition) is 8. The van der Waals surface area contributed by atoms with Gasteiger partial charge in [-0.1, -0.05) is 32.4 Å². The molecule has 0 aliphatic heterocycles. The smallest absolute Gasteiger partial charge is 0.326 e. The highest BCUT2D eigenvalue weighted by atomic mass is 16.4. The van der Waals surface area contributed by atoms with Gasteiger partial charge in [-0.3, -0.25) is 19.2 Å². The number of nitrogens with two attached hydrogens (primary N) is 1. The molecule has 194 valence electrons. The normalized spacial score (nSPS) is 15.1. The van der Waals surface area contributed by atoms with E-state index >= 15 is 0 Å². The van der Waals surface area contributed by atoms with Gasteiger partial charge in [-0.25, -0.2) is 4.79 Å². The van der Waals surface area contributed by atoms with Gasteiger partial charge in [0.1, 0.15) is 23.9 Å². The third-order valence-corrected chi connectivity index (χ3v) is 5.38. The maximum Gasteiger partial charge on any atom is 0.326 e. The van der Waals surface area contributed by atoms with Crippen molar-refractivity contribution < 1.29 is 44.4 Å². The van der Waals surface area contributed by atoms with Crippen molar-refractivity contribution in [2.75, 3.05) is 6.61 Å². The Balaban J connectivity index is 3.05. The highest BCUT2D eigenvalue weighted by molar-refractivity contribution is 5.94. The van der Waals surface area contributed by atoms with Crippen LogP contribution in [0.3, 0.4) is 0 Å². The number of amides is 3. The minimum atomic E-state index is -1.79. The lowest BCUT2D eigenvalue weighted by atomic mass is 9.98. The maximum atomic E-state index is 13.0. The average Bonchev–Trinajstić information content (AvgIpc) is 2.81. The SMILES string of the molecule is CCC(C)C(N)C(=O)NC(Cc1ccc(O)cc1)C(=O)NC(CO)C(=O)NC(CC(=O)O)C(=O)O. The number of aliphatic hydroxyl groups excluding tert-OH is 1. The van der Waals surface area contributed by atoms with Crippen molar-refractivity contribution in [1.29, 1.82) is 0 Å². The van der Waals surface area contributed by atoms with Gasteiger partial charge in [0.15, 0.2) is 0 Å². The van der Waals surface area contributed by atoms with Gasteiger partial charge in [-0.15, -0.1) is 0 Å². The van der Waals surface area contributed by atoms with Crippen molar-refractivity contribution in [2.45, 2.75) is 57.3 Å². The zero-order valence-electron chi connectivity index (χ0n) is 19.4. The van der Waals surface area contributed by atoms with Crippen LogP contribution in [0, 0.1) is 5.92 Å². The number of hydrogen-bond acceptors (Lipinski definition) is 8. The van der Waals surface area contributed by atoms with Crippen LogP contribution in [0.4, 0.5) is 0 Å². The molecular weight excluding hydrogens is 464 g/mol. The molecule has 0 aromatic heterocycles. The van der Waals surface area contributed by atoms with E-state index in [0.29, 0.717) is 12.0 Å². The molecule has 0 spiro atoms. The molecule has 0 aliphatic rings. The third-order valence-electron chi connectivity index (χ3n) is 5.38. The second-order valence-corrected chi connectivity index (χ2v) is 8.08. The second kappa shape index (κ2) is 13.9. The Labute approximate surface area is 201 Å². The Morgan fingerprint density at radius 3 is 1.89 bits per heavy atom. The Kier molecular flexibility index (Phi) is 11.6. The molecule has 0 aliphatic carbocycles. The summed E-state index contributed by atoms with van der Waals surface area (Å²) in [5.41, 5.74) is 6.50. The summed E-state index contributed by atoms with van der Waals surface area (Å²) < 4.78 is 0. The number of rotatable bonds is 14. The molecule has 5 atom stereocenters. The molecule has 1 rings (SSSR count). The van der Waals surface area contributed by atoms with E-state index in [1.807, 2.05) is 12.2 Å². The molecule has 35 heavy (non-hydrogen) atoms. The van der Waals surface area contributed by atoms with Crippen LogP contribution in [0.15, 0.2) is 24.3 Å². The molecule has 1 aromatic carbocycles.